The molecule has 0 unspecified atom stereocenters. The fourth-order valence-electron chi connectivity index (χ4n) is 3.84. The van der Waals surface area contributed by atoms with Crippen molar-refractivity contribution in [3.63, 3.8) is 0 Å². The Bertz CT molecular complexity index is 238. The fraction of sp³-hybridized carbons (Fsp3) is 1.00. The summed E-state index contributed by atoms with van der Waals surface area (Å²) in [5.41, 5.74) is 6.51. The summed E-state index contributed by atoms with van der Waals surface area (Å²) in [5, 5.41) is 0. The van der Waals surface area contributed by atoms with Crippen LogP contribution in [0.1, 0.15) is 45.4 Å². The van der Waals surface area contributed by atoms with Gasteiger partial charge in [-0.2, -0.15) is 0 Å². The Morgan fingerprint density at radius 2 is 1.72 bits per heavy atom. The Morgan fingerprint density at radius 1 is 1.11 bits per heavy atom. The Labute approximate surface area is 113 Å². The first-order valence-corrected chi connectivity index (χ1v) is 7.84. The average Bonchev–Trinajstić information content (AvgIpc) is 2.41. The zero-order chi connectivity index (χ0) is 13.0. The first kappa shape index (κ1) is 14.3. The molecule has 0 amide bonds. The summed E-state index contributed by atoms with van der Waals surface area (Å²) >= 11 is 0. The minimum atomic E-state index is 0.339. The van der Waals surface area contributed by atoms with Gasteiger partial charge in [-0.1, -0.05) is 19.8 Å². The highest BCUT2D eigenvalue weighted by molar-refractivity contribution is 4.97. The van der Waals surface area contributed by atoms with Crippen molar-refractivity contribution < 1.29 is 0 Å². The molecule has 0 radical (unpaired) electrons. The zero-order valence-electron chi connectivity index (χ0n) is 12.3. The molecule has 106 valence electrons. The van der Waals surface area contributed by atoms with Crippen LogP contribution in [0.15, 0.2) is 0 Å². The highest BCUT2D eigenvalue weighted by Gasteiger charge is 2.39. The molecule has 2 aliphatic rings. The van der Waals surface area contributed by atoms with Crippen LogP contribution >= 0.6 is 0 Å². The summed E-state index contributed by atoms with van der Waals surface area (Å²) in [6.07, 6.45) is 8.22. The van der Waals surface area contributed by atoms with Crippen molar-refractivity contribution in [3.8, 4) is 0 Å². The molecule has 1 saturated heterocycles. The van der Waals surface area contributed by atoms with Crippen LogP contribution in [0.5, 0.6) is 0 Å². The van der Waals surface area contributed by atoms with Gasteiger partial charge in [-0.05, 0) is 38.6 Å². The van der Waals surface area contributed by atoms with Crippen LogP contribution < -0.4 is 5.73 Å². The lowest BCUT2D eigenvalue weighted by Crippen LogP contribution is -2.60. The van der Waals surface area contributed by atoms with Gasteiger partial charge in [0.2, 0.25) is 0 Å². The van der Waals surface area contributed by atoms with Crippen LogP contribution in [0.3, 0.4) is 0 Å². The van der Waals surface area contributed by atoms with Gasteiger partial charge in [0.15, 0.2) is 0 Å². The second-order valence-electron chi connectivity index (χ2n) is 6.45. The maximum Gasteiger partial charge on any atom is 0.0333 e. The third-order valence-electron chi connectivity index (χ3n) is 5.29. The van der Waals surface area contributed by atoms with Gasteiger partial charge in [0, 0.05) is 38.3 Å². The van der Waals surface area contributed by atoms with Crippen molar-refractivity contribution in [1.29, 1.82) is 0 Å². The number of hydrogen-bond donors (Lipinski definition) is 1. The highest BCUT2D eigenvalue weighted by atomic mass is 15.3. The lowest BCUT2D eigenvalue weighted by Gasteiger charge is -2.50. The lowest BCUT2D eigenvalue weighted by molar-refractivity contribution is 0.00836. The lowest BCUT2D eigenvalue weighted by atomic mass is 9.74. The van der Waals surface area contributed by atoms with E-state index in [1.165, 1.54) is 64.7 Å². The number of likely N-dealkylation sites (N-methyl/N-ethyl adjacent to an activating group) is 1. The van der Waals surface area contributed by atoms with Gasteiger partial charge < -0.3 is 10.6 Å². The van der Waals surface area contributed by atoms with Crippen molar-refractivity contribution >= 4 is 0 Å². The summed E-state index contributed by atoms with van der Waals surface area (Å²) < 4.78 is 0. The van der Waals surface area contributed by atoms with Crippen molar-refractivity contribution in [2.24, 2.45) is 11.7 Å². The number of nitrogens with zero attached hydrogens (tertiary/aromatic N) is 2. The molecular formula is C15H31N3. The third-order valence-corrected chi connectivity index (χ3v) is 5.29. The van der Waals surface area contributed by atoms with Crippen molar-refractivity contribution in [1.82, 2.24) is 9.80 Å². The first-order valence-electron chi connectivity index (χ1n) is 7.84. The van der Waals surface area contributed by atoms with Crippen LogP contribution in [0.25, 0.3) is 0 Å². The van der Waals surface area contributed by atoms with Crippen molar-refractivity contribution in [2.75, 3.05) is 39.8 Å². The standard InChI is InChI=1S/C15H31N3/c1-3-4-14-5-7-15(13-16,8-6-14)18-11-9-17(2)10-12-18/h14H,3-13,16H2,1-2H3. The van der Waals surface area contributed by atoms with Gasteiger partial charge >= 0.3 is 0 Å². The van der Waals surface area contributed by atoms with E-state index >= 15 is 0 Å². The van der Waals surface area contributed by atoms with E-state index in [0.717, 1.165) is 12.5 Å². The monoisotopic (exact) mass is 253 g/mol. The second-order valence-corrected chi connectivity index (χ2v) is 6.45. The van der Waals surface area contributed by atoms with Gasteiger partial charge in [0.1, 0.15) is 0 Å². The summed E-state index contributed by atoms with van der Waals surface area (Å²) in [6, 6.07) is 0. The van der Waals surface area contributed by atoms with E-state index in [2.05, 4.69) is 23.8 Å². The number of nitrogens with two attached hydrogens (primary N) is 1. The molecule has 0 aromatic carbocycles. The average molecular weight is 253 g/mol. The van der Waals surface area contributed by atoms with Gasteiger partial charge in [-0.15, -0.1) is 0 Å². The fourth-order valence-corrected chi connectivity index (χ4v) is 3.84. The van der Waals surface area contributed by atoms with E-state index < -0.39 is 0 Å². The molecule has 3 nitrogen and oxygen atoms in total. The van der Waals surface area contributed by atoms with E-state index in [1.54, 1.807) is 0 Å². The minimum Gasteiger partial charge on any atom is -0.329 e. The maximum absolute atomic E-state index is 6.17. The minimum absolute atomic E-state index is 0.339. The summed E-state index contributed by atoms with van der Waals surface area (Å²) in [7, 11) is 2.23. The Morgan fingerprint density at radius 3 is 2.22 bits per heavy atom. The summed E-state index contributed by atoms with van der Waals surface area (Å²) in [5.74, 6) is 0.974. The molecule has 2 fully saturated rings. The molecule has 18 heavy (non-hydrogen) atoms. The van der Waals surface area contributed by atoms with E-state index in [4.69, 9.17) is 5.73 Å². The second kappa shape index (κ2) is 6.36. The van der Waals surface area contributed by atoms with Crippen LogP contribution in [0, 0.1) is 5.92 Å². The summed E-state index contributed by atoms with van der Waals surface area (Å²) in [6.45, 7) is 8.01. The molecule has 2 N–H and O–H groups in total. The summed E-state index contributed by atoms with van der Waals surface area (Å²) in [4.78, 5) is 5.14. The van der Waals surface area contributed by atoms with Crippen LogP contribution in [0.4, 0.5) is 0 Å². The molecule has 3 heteroatoms. The normalized spacial score (nSPS) is 35.8. The largest absolute Gasteiger partial charge is 0.329 e. The number of rotatable bonds is 4. The van der Waals surface area contributed by atoms with Crippen molar-refractivity contribution in [2.45, 2.75) is 51.0 Å². The van der Waals surface area contributed by atoms with Crippen LogP contribution in [0.2, 0.25) is 0 Å². The molecule has 0 aromatic heterocycles. The van der Waals surface area contributed by atoms with E-state index in [1.807, 2.05) is 0 Å². The van der Waals surface area contributed by atoms with Gasteiger partial charge in [0.05, 0.1) is 0 Å². The predicted molar refractivity (Wildman–Crippen MR) is 77.7 cm³/mol. The highest BCUT2D eigenvalue weighted by Crippen LogP contribution is 2.38. The molecule has 1 heterocycles. The van der Waals surface area contributed by atoms with Crippen LogP contribution in [-0.2, 0) is 0 Å². The van der Waals surface area contributed by atoms with Crippen molar-refractivity contribution in [3.05, 3.63) is 0 Å². The molecule has 0 spiro atoms. The zero-order valence-corrected chi connectivity index (χ0v) is 12.3. The Balaban J connectivity index is 1.91. The van der Waals surface area contributed by atoms with Gasteiger partial charge in [-0.3, -0.25) is 4.90 Å². The quantitative estimate of drug-likeness (QED) is 0.831. The van der Waals surface area contributed by atoms with E-state index in [0.29, 0.717) is 5.54 Å². The molecule has 1 saturated carbocycles. The topological polar surface area (TPSA) is 32.5 Å². The molecule has 1 aliphatic heterocycles. The maximum atomic E-state index is 6.17. The predicted octanol–water partition coefficient (Wildman–Crippen LogP) is 1.92. The molecule has 2 rings (SSSR count). The smallest absolute Gasteiger partial charge is 0.0333 e. The van der Waals surface area contributed by atoms with Gasteiger partial charge in [-0.25, -0.2) is 0 Å². The Hall–Kier alpha value is -0.120. The molecular weight excluding hydrogens is 222 g/mol. The van der Waals surface area contributed by atoms with E-state index in [-0.39, 0.29) is 0 Å². The molecule has 0 aromatic rings. The molecule has 0 bridgehead atoms. The Kier molecular flexibility index (Phi) is 5.05. The third kappa shape index (κ3) is 3.06. The number of piperazine rings is 1. The molecule has 0 atom stereocenters. The first-order chi connectivity index (χ1) is 8.70. The SMILES string of the molecule is CCCC1CCC(CN)(N2CCN(C)CC2)CC1. The van der Waals surface area contributed by atoms with Gasteiger partial charge in [0.25, 0.3) is 0 Å². The van der Waals surface area contributed by atoms with Crippen LogP contribution in [-0.4, -0.2) is 55.1 Å². The number of hydrogen-bond acceptors (Lipinski definition) is 3. The van der Waals surface area contributed by atoms with E-state index in [9.17, 15) is 0 Å². The molecule has 1 aliphatic carbocycles.